The van der Waals surface area contributed by atoms with Crippen molar-refractivity contribution in [2.75, 3.05) is 5.73 Å². The summed E-state index contributed by atoms with van der Waals surface area (Å²) in [6.07, 6.45) is 0. The monoisotopic (exact) mass is 217 g/mol. The van der Waals surface area contributed by atoms with Gasteiger partial charge in [0, 0.05) is 5.56 Å². The maximum absolute atomic E-state index is 12.6. The van der Waals surface area contributed by atoms with Gasteiger partial charge < -0.3 is 5.73 Å². The molecule has 0 unspecified atom stereocenters. The van der Waals surface area contributed by atoms with Crippen molar-refractivity contribution in [3.63, 3.8) is 0 Å². The minimum Gasteiger partial charge on any atom is -0.382 e. The normalized spacial score (nSPS) is 10.1. The third kappa shape index (κ3) is 2.03. The number of ketones is 1. The minimum atomic E-state index is -0.389. The highest BCUT2D eigenvalue weighted by Gasteiger charge is 2.10. The lowest BCUT2D eigenvalue weighted by Gasteiger charge is -1.99. The van der Waals surface area contributed by atoms with E-state index in [9.17, 15) is 9.18 Å². The average molecular weight is 217 g/mol. The molecular formula is C11H8FN3O. The zero-order valence-electron chi connectivity index (χ0n) is 8.22. The Labute approximate surface area is 90.9 Å². The molecule has 2 rings (SSSR count). The third-order valence-corrected chi connectivity index (χ3v) is 2.02. The van der Waals surface area contributed by atoms with Gasteiger partial charge in [-0.15, -0.1) is 10.2 Å². The number of halogens is 1. The Kier molecular flexibility index (Phi) is 2.59. The zero-order chi connectivity index (χ0) is 11.5. The van der Waals surface area contributed by atoms with E-state index < -0.39 is 0 Å². The molecule has 16 heavy (non-hydrogen) atoms. The van der Waals surface area contributed by atoms with Gasteiger partial charge >= 0.3 is 0 Å². The van der Waals surface area contributed by atoms with Gasteiger partial charge in [0.1, 0.15) is 17.3 Å². The van der Waals surface area contributed by atoms with E-state index in [1.165, 1.54) is 36.4 Å². The molecule has 0 saturated heterocycles. The Bertz CT molecular complexity index is 460. The van der Waals surface area contributed by atoms with Crippen LogP contribution in [0.2, 0.25) is 0 Å². The number of hydrogen-bond donors (Lipinski definition) is 1. The van der Waals surface area contributed by atoms with Crippen LogP contribution in [0.4, 0.5) is 10.2 Å². The molecule has 0 aliphatic heterocycles. The molecule has 2 N–H and O–H groups in total. The molecule has 0 fully saturated rings. The van der Waals surface area contributed by atoms with E-state index in [0.717, 1.165) is 0 Å². The number of carbonyl (C=O) groups is 1. The van der Waals surface area contributed by atoms with E-state index in [1.54, 1.807) is 0 Å². The fraction of sp³-hybridized carbons (Fsp3) is 0. The molecule has 80 valence electrons. The summed E-state index contributed by atoms with van der Waals surface area (Å²) in [5, 5.41) is 7.23. The highest BCUT2D eigenvalue weighted by atomic mass is 19.1. The second kappa shape index (κ2) is 4.06. The van der Waals surface area contributed by atoms with Gasteiger partial charge in [-0.3, -0.25) is 4.79 Å². The topological polar surface area (TPSA) is 68.9 Å². The molecule has 1 aromatic heterocycles. The lowest BCUT2D eigenvalue weighted by molar-refractivity contribution is 0.103. The second-order valence-electron chi connectivity index (χ2n) is 3.18. The summed E-state index contributed by atoms with van der Waals surface area (Å²) < 4.78 is 12.6. The molecule has 1 heterocycles. The predicted molar refractivity (Wildman–Crippen MR) is 56.3 cm³/mol. The summed E-state index contributed by atoms with van der Waals surface area (Å²) in [7, 11) is 0. The first-order valence-corrected chi connectivity index (χ1v) is 4.56. The van der Waals surface area contributed by atoms with Crippen LogP contribution in [0.5, 0.6) is 0 Å². The van der Waals surface area contributed by atoms with E-state index in [1.807, 2.05) is 0 Å². The molecule has 0 saturated carbocycles. The number of hydrogen-bond acceptors (Lipinski definition) is 4. The van der Waals surface area contributed by atoms with E-state index >= 15 is 0 Å². The lowest BCUT2D eigenvalue weighted by Crippen LogP contribution is -2.06. The number of nitrogens with zero attached hydrogens (tertiary/aromatic N) is 2. The number of aromatic nitrogens is 2. The van der Waals surface area contributed by atoms with Gasteiger partial charge in [-0.2, -0.15) is 0 Å². The lowest BCUT2D eigenvalue weighted by atomic mass is 10.1. The highest BCUT2D eigenvalue weighted by molar-refractivity contribution is 6.07. The van der Waals surface area contributed by atoms with Crippen molar-refractivity contribution in [1.82, 2.24) is 10.2 Å². The summed E-state index contributed by atoms with van der Waals surface area (Å²) in [6, 6.07) is 8.21. The Morgan fingerprint density at radius 2 is 1.75 bits per heavy atom. The van der Waals surface area contributed by atoms with Crippen molar-refractivity contribution in [3.8, 4) is 0 Å². The largest absolute Gasteiger partial charge is 0.382 e. The molecule has 0 atom stereocenters. The molecule has 0 bridgehead atoms. The van der Waals surface area contributed by atoms with Crippen LogP contribution in [0, 0.1) is 5.82 Å². The van der Waals surface area contributed by atoms with E-state index in [-0.39, 0.29) is 23.1 Å². The molecule has 0 aliphatic rings. The summed E-state index contributed by atoms with van der Waals surface area (Å²) in [5.74, 6) is -0.455. The van der Waals surface area contributed by atoms with Gasteiger partial charge in [0.05, 0.1) is 0 Å². The van der Waals surface area contributed by atoms with Crippen molar-refractivity contribution >= 4 is 11.6 Å². The van der Waals surface area contributed by atoms with Crippen LogP contribution in [0.15, 0.2) is 36.4 Å². The molecule has 5 heteroatoms. The van der Waals surface area contributed by atoms with E-state index in [4.69, 9.17) is 5.73 Å². The quantitative estimate of drug-likeness (QED) is 0.772. The smallest absolute Gasteiger partial charge is 0.213 e. The molecule has 2 aromatic rings. The maximum Gasteiger partial charge on any atom is 0.213 e. The Morgan fingerprint density at radius 3 is 2.31 bits per heavy atom. The molecule has 4 nitrogen and oxygen atoms in total. The Balaban J connectivity index is 2.32. The zero-order valence-corrected chi connectivity index (χ0v) is 8.22. The summed E-state index contributed by atoms with van der Waals surface area (Å²) in [4.78, 5) is 11.8. The van der Waals surface area contributed by atoms with Gasteiger partial charge in [0.25, 0.3) is 0 Å². The van der Waals surface area contributed by atoms with Crippen LogP contribution in [0.25, 0.3) is 0 Å². The van der Waals surface area contributed by atoms with Crippen LogP contribution in [-0.4, -0.2) is 16.0 Å². The fourth-order valence-corrected chi connectivity index (χ4v) is 1.21. The summed E-state index contributed by atoms with van der Waals surface area (Å²) in [6.45, 7) is 0. The van der Waals surface area contributed by atoms with Gasteiger partial charge in [-0.25, -0.2) is 4.39 Å². The number of anilines is 1. The average Bonchev–Trinajstić information content (AvgIpc) is 2.30. The van der Waals surface area contributed by atoms with Crippen molar-refractivity contribution < 1.29 is 9.18 Å². The number of benzene rings is 1. The molecule has 0 spiro atoms. The van der Waals surface area contributed by atoms with Gasteiger partial charge in [-0.1, -0.05) is 0 Å². The predicted octanol–water partition coefficient (Wildman–Crippen LogP) is 1.43. The van der Waals surface area contributed by atoms with Crippen molar-refractivity contribution in [2.24, 2.45) is 0 Å². The molecular weight excluding hydrogens is 209 g/mol. The first-order chi connectivity index (χ1) is 7.66. The van der Waals surface area contributed by atoms with Gasteiger partial charge in [-0.05, 0) is 36.4 Å². The Morgan fingerprint density at radius 1 is 1.06 bits per heavy atom. The van der Waals surface area contributed by atoms with Crippen LogP contribution in [0.3, 0.4) is 0 Å². The molecule has 0 aliphatic carbocycles. The molecule has 0 amide bonds. The second-order valence-corrected chi connectivity index (χ2v) is 3.18. The van der Waals surface area contributed by atoms with Crippen LogP contribution < -0.4 is 5.73 Å². The minimum absolute atomic E-state index is 0.181. The molecule has 0 radical (unpaired) electrons. The SMILES string of the molecule is Nc1ccc(C(=O)c2ccc(F)cc2)nn1. The first kappa shape index (κ1) is 10.2. The van der Waals surface area contributed by atoms with Crippen LogP contribution >= 0.6 is 0 Å². The number of rotatable bonds is 2. The molecule has 1 aromatic carbocycles. The van der Waals surface area contributed by atoms with Crippen molar-refractivity contribution in [1.29, 1.82) is 0 Å². The van der Waals surface area contributed by atoms with Gasteiger partial charge in [0.2, 0.25) is 5.78 Å². The van der Waals surface area contributed by atoms with Crippen LogP contribution in [0.1, 0.15) is 16.1 Å². The Hall–Kier alpha value is -2.30. The highest BCUT2D eigenvalue weighted by Crippen LogP contribution is 2.08. The first-order valence-electron chi connectivity index (χ1n) is 4.56. The number of carbonyl (C=O) groups excluding carboxylic acids is 1. The fourth-order valence-electron chi connectivity index (χ4n) is 1.21. The van der Waals surface area contributed by atoms with Crippen LogP contribution in [-0.2, 0) is 0 Å². The summed E-state index contributed by atoms with van der Waals surface area (Å²) >= 11 is 0. The third-order valence-electron chi connectivity index (χ3n) is 2.02. The van der Waals surface area contributed by atoms with Crippen molar-refractivity contribution in [2.45, 2.75) is 0 Å². The van der Waals surface area contributed by atoms with E-state index in [0.29, 0.717) is 5.56 Å². The standard InChI is InChI=1S/C11H8FN3O/c12-8-3-1-7(2-4-8)11(16)9-5-6-10(13)15-14-9/h1-6H,(H2,13,15). The number of nitrogens with two attached hydrogens (primary N) is 1. The summed E-state index contributed by atoms with van der Waals surface area (Å²) in [5.41, 5.74) is 5.89. The number of nitrogen functional groups attached to an aromatic ring is 1. The maximum atomic E-state index is 12.6. The van der Waals surface area contributed by atoms with Crippen molar-refractivity contribution in [3.05, 3.63) is 53.5 Å². The van der Waals surface area contributed by atoms with E-state index in [2.05, 4.69) is 10.2 Å². The van der Waals surface area contributed by atoms with Gasteiger partial charge in [0.15, 0.2) is 0 Å².